The number of aliphatic hydroxyl groups is 1. The highest BCUT2D eigenvalue weighted by atomic mass is 35.5. The van der Waals surface area contributed by atoms with Crippen molar-refractivity contribution in [2.24, 2.45) is 5.73 Å². The monoisotopic (exact) mass is 245 g/mol. The van der Waals surface area contributed by atoms with Gasteiger partial charge in [0.05, 0.1) is 11.7 Å². The number of fused-ring (bicyclic) bond motifs is 1. The van der Waals surface area contributed by atoms with E-state index in [2.05, 4.69) is 8.75 Å². The Morgan fingerprint density at radius 3 is 2.93 bits per heavy atom. The lowest BCUT2D eigenvalue weighted by Gasteiger charge is -2.09. The molecule has 3 N–H and O–H groups in total. The fourth-order valence-corrected chi connectivity index (χ4v) is 1.98. The third-order valence-corrected chi connectivity index (χ3v) is 2.70. The molecule has 0 saturated carbocycles. The van der Waals surface area contributed by atoms with Gasteiger partial charge in [0.1, 0.15) is 11.0 Å². The summed E-state index contributed by atoms with van der Waals surface area (Å²) in [5.41, 5.74) is 8.61. The predicted octanol–water partition coefficient (Wildman–Crippen LogP) is 1.50. The minimum absolute atomic E-state index is 0. The molecule has 15 heavy (non-hydrogen) atoms. The summed E-state index contributed by atoms with van der Waals surface area (Å²) in [5.74, 6) is 0. The first kappa shape index (κ1) is 12.3. The Kier molecular flexibility index (Phi) is 4.41. The molecule has 82 valence electrons. The average molecular weight is 246 g/mol. The second-order valence-corrected chi connectivity index (χ2v) is 3.63. The molecule has 2 rings (SSSR count). The summed E-state index contributed by atoms with van der Waals surface area (Å²) in [7, 11) is 0. The summed E-state index contributed by atoms with van der Waals surface area (Å²) in [6.45, 7) is 0.0924. The van der Waals surface area contributed by atoms with Gasteiger partial charge < -0.3 is 10.8 Å². The van der Waals surface area contributed by atoms with Crippen molar-refractivity contribution < 1.29 is 5.11 Å². The van der Waals surface area contributed by atoms with Gasteiger partial charge in [0.25, 0.3) is 0 Å². The number of nitrogens with zero attached hydrogens (tertiary/aromatic N) is 2. The number of hydrogen-bond donors (Lipinski definition) is 2. The van der Waals surface area contributed by atoms with Crippen molar-refractivity contribution in [1.82, 2.24) is 8.75 Å². The van der Waals surface area contributed by atoms with Gasteiger partial charge in [-0.1, -0.05) is 12.1 Å². The molecule has 0 spiro atoms. The standard InChI is InChI=1S/C9H11N3OS.ClH/c10-7(4-5-13)6-2-1-3-8-9(6)12-14-11-8;/h1-3,7,13H,4-5,10H2;1H. The van der Waals surface area contributed by atoms with Crippen LogP contribution < -0.4 is 5.73 Å². The zero-order valence-corrected chi connectivity index (χ0v) is 9.59. The highest BCUT2D eigenvalue weighted by molar-refractivity contribution is 7.00. The molecule has 0 aliphatic rings. The molecule has 4 nitrogen and oxygen atoms in total. The molecule has 0 aliphatic heterocycles. The summed E-state index contributed by atoms with van der Waals surface area (Å²) in [6, 6.07) is 5.60. The zero-order chi connectivity index (χ0) is 9.97. The third kappa shape index (κ3) is 2.43. The Hall–Kier alpha value is -0.750. The molecule has 0 aliphatic carbocycles. The van der Waals surface area contributed by atoms with E-state index in [1.165, 1.54) is 11.7 Å². The van der Waals surface area contributed by atoms with Gasteiger partial charge in [-0.05, 0) is 18.1 Å². The minimum Gasteiger partial charge on any atom is -0.396 e. The van der Waals surface area contributed by atoms with Gasteiger partial charge in [0.2, 0.25) is 0 Å². The fourth-order valence-electron chi connectivity index (χ4n) is 1.42. The van der Waals surface area contributed by atoms with Crippen molar-refractivity contribution in [3.05, 3.63) is 23.8 Å². The molecule has 1 unspecified atom stereocenters. The normalized spacial score (nSPS) is 12.4. The predicted molar refractivity (Wildman–Crippen MR) is 63.3 cm³/mol. The highest BCUT2D eigenvalue weighted by Gasteiger charge is 2.11. The largest absolute Gasteiger partial charge is 0.396 e. The minimum atomic E-state index is -0.160. The van der Waals surface area contributed by atoms with E-state index in [9.17, 15) is 0 Å². The molecule has 0 saturated heterocycles. The van der Waals surface area contributed by atoms with Crippen LogP contribution in [0.5, 0.6) is 0 Å². The SMILES string of the molecule is Cl.NC(CCO)c1cccc2nsnc12. The Morgan fingerprint density at radius 2 is 2.20 bits per heavy atom. The highest BCUT2D eigenvalue weighted by Crippen LogP contribution is 2.22. The quantitative estimate of drug-likeness (QED) is 0.860. The maximum atomic E-state index is 8.81. The summed E-state index contributed by atoms with van der Waals surface area (Å²) < 4.78 is 8.33. The molecule has 0 radical (unpaired) electrons. The van der Waals surface area contributed by atoms with Crippen molar-refractivity contribution in [3.8, 4) is 0 Å². The van der Waals surface area contributed by atoms with E-state index in [1.54, 1.807) is 0 Å². The van der Waals surface area contributed by atoms with E-state index >= 15 is 0 Å². The maximum Gasteiger partial charge on any atom is 0.109 e. The molecule has 0 bridgehead atoms. The van der Waals surface area contributed by atoms with E-state index in [0.29, 0.717) is 6.42 Å². The smallest absolute Gasteiger partial charge is 0.109 e. The number of halogens is 1. The van der Waals surface area contributed by atoms with Crippen molar-refractivity contribution in [1.29, 1.82) is 0 Å². The Morgan fingerprint density at radius 1 is 1.40 bits per heavy atom. The lowest BCUT2D eigenvalue weighted by atomic mass is 10.0. The van der Waals surface area contributed by atoms with Crippen LogP contribution in [0.3, 0.4) is 0 Å². The van der Waals surface area contributed by atoms with Gasteiger partial charge in [-0.2, -0.15) is 8.75 Å². The van der Waals surface area contributed by atoms with Gasteiger partial charge in [0.15, 0.2) is 0 Å². The first-order chi connectivity index (χ1) is 6.83. The molecular weight excluding hydrogens is 234 g/mol. The van der Waals surface area contributed by atoms with E-state index in [1.807, 2.05) is 18.2 Å². The van der Waals surface area contributed by atoms with Gasteiger partial charge >= 0.3 is 0 Å². The second-order valence-electron chi connectivity index (χ2n) is 3.10. The number of aliphatic hydroxyl groups excluding tert-OH is 1. The Labute approximate surface area is 97.9 Å². The topological polar surface area (TPSA) is 72.0 Å². The van der Waals surface area contributed by atoms with Crippen molar-refractivity contribution in [3.63, 3.8) is 0 Å². The number of benzene rings is 1. The Balaban J connectivity index is 0.00000112. The van der Waals surface area contributed by atoms with Crippen LogP contribution in [0, 0.1) is 0 Å². The van der Waals surface area contributed by atoms with Crippen LogP contribution >= 0.6 is 24.1 Å². The van der Waals surface area contributed by atoms with Gasteiger partial charge in [0, 0.05) is 12.6 Å². The number of nitrogens with two attached hydrogens (primary N) is 1. The van der Waals surface area contributed by atoms with Gasteiger partial charge in [-0.15, -0.1) is 12.4 Å². The summed E-state index contributed by atoms with van der Waals surface area (Å²) >= 11 is 1.18. The van der Waals surface area contributed by atoms with E-state index in [-0.39, 0.29) is 25.1 Å². The maximum absolute atomic E-state index is 8.81. The summed E-state index contributed by atoms with van der Waals surface area (Å²) in [6.07, 6.45) is 0.552. The van der Waals surface area contributed by atoms with Gasteiger partial charge in [-0.25, -0.2) is 0 Å². The van der Waals surface area contributed by atoms with Crippen LogP contribution in [0.1, 0.15) is 18.0 Å². The summed E-state index contributed by atoms with van der Waals surface area (Å²) in [5, 5.41) is 8.81. The molecule has 1 atom stereocenters. The molecule has 6 heteroatoms. The average Bonchev–Trinajstić information content (AvgIpc) is 2.65. The van der Waals surface area contributed by atoms with E-state index in [4.69, 9.17) is 10.8 Å². The van der Waals surface area contributed by atoms with Crippen LogP contribution in [0.15, 0.2) is 18.2 Å². The van der Waals surface area contributed by atoms with Crippen molar-refractivity contribution in [2.75, 3.05) is 6.61 Å². The first-order valence-corrected chi connectivity index (χ1v) is 5.13. The lowest BCUT2D eigenvalue weighted by Crippen LogP contribution is -2.12. The van der Waals surface area contributed by atoms with Crippen LogP contribution in [0.2, 0.25) is 0 Å². The molecule has 0 amide bonds. The number of hydrogen-bond acceptors (Lipinski definition) is 5. The van der Waals surface area contributed by atoms with Crippen LogP contribution in [0.4, 0.5) is 0 Å². The fraction of sp³-hybridized carbons (Fsp3) is 0.333. The van der Waals surface area contributed by atoms with Crippen molar-refractivity contribution in [2.45, 2.75) is 12.5 Å². The van der Waals surface area contributed by atoms with Crippen molar-refractivity contribution >= 4 is 35.2 Å². The van der Waals surface area contributed by atoms with Crippen LogP contribution in [-0.4, -0.2) is 20.5 Å². The Bertz CT molecular complexity index is 434. The zero-order valence-electron chi connectivity index (χ0n) is 7.96. The number of rotatable bonds is 3. The molecular formula is C9H12ClN3OS. The number of aromatic nitrogens is 2. The summed E-state index contributed by atoms with van der Waals surface area (Å²) in [4.78, 5) is 0. The molecule has 1 aromatic heterocycles. The lowest BCUT2D eigenvalue weighted by molar-refractivity contribution is 0.277. The third-order valence-electron chi connectivity index (χ3n) is 2.16. The van der Waals surface area contributed by atoms with Crippen LogP contribution in [0.25, 0.3) is 11.0 Å². The molecule has 2 aromatic rings. The molecule has 0 fully saturated rings. The van der Waals surface area contributed by atoms with E-state index in [0.717, 1.165) is 16.6 Å². The first-order valence-electron chi connectivity index (χ1n) is 4.40. The van der Waals surface area contributed by atoms with Crippen LogP contribution in [-0.2, 0) is 0 Å². The van der Waals surface area contributed by atoms with Gasteiger partial charge in [-0.3, -0.25) is 0 Å². The van der Waals surface area contributed by atoms with E-state index < -0.39 is 0 Å². The molecule has 1 aromatic carbocycles. The second kappa shape index (κ2) is 5.37. The molecule has 1 heterocycles.